The summed E-state index contributed by atoms with van der Waals surface area (Å²) in [5.41, 5.74) is 3.12. The van der Waals surface area contributed by atoms with Crippen molar-refractivity contribution in [2.75, 3.05) is 20.6 Å². The Labute approximate surface area is 124 Å². The van der Waals surface area contributed by atoms with Gasteiger partial charge in [0.15, 0.2) is 5.70 Å². The summed E-state index contributed by atoms with van der Waals surface area (Å²) < 4.78 is -0.0381. The van der Waals surface area contributed by atoms with Crippen molar-refractivity contribution >= 4 is 11.7 Å². The van der Waals surface area contributed by atoms with Crippen molar-refractivity contribution in [3.05, 3.63) is 59.0 Å². The predicted octanol–water partition coefficient (Wildman–Crippen LogP) is 1.60. The molecule has 0 bridgehead atoms. The molecular formula is C17H19N2O2+. The van der Waals surface area contributed by atoms with Crippen molar-refractivity contribution in [2.24, 2.45) is 5.92 Å². The molecule has 0 radical (unpaired) electrons. The van der Waals surface area contributed by atoms with E-state index in [0.29, 0.717) is 11.3 Å². The molecule has 21 heavy (non-hydrogen) atoms. The number of nitrogens with one attached hydrogen (secondary N) is 1. The lowest BCUT2D eigenvalue weighted by Crippen LogP contribution is -2.47. The Balaban J connectivity index is 2.13. The molecule has 0 saturated carbocycles. The summed E-state index contributed by atoms with van der Waals surface area (Å²) in [6, 6.07) is 0. The lowest BCUT2D eigenvalue weighted by molar-refractivity contribution is -0.767. The summed E-state index contributed by atoms with van der Waals surface area (Å²) in [5, 5.41) is 3.31. The summed E-state index contributed by atoms with van der Waals surface area (Å²) >= 11 is 0. The highest BCUT2D eigenvalue weighted by Gasteiger charge is 2.40. The van der Waals surface area contributed by atoms with Gasteiger partial charge in [0.1, 0.15) is 0 Å². The first-order chi connectivity index (χ1) is 9.93. The third kappa shape index (κ3) is 2.03. The van der Waals surface area contributed by atoms with Crippen molar-refractivity contribution in [2.45, 2.75) is 6.92 Å². The first-order valence-corrected chi connectivity index (χ1v) is 7.08. The highest BCUT2D eigenvalue weighted by atomic mass is 16.2. The fourth-order valence-corrected chi connectivity index (χ4v) is 2.87. The number of rotatable bonds is 1. The average Bonchev–Trinajstić information content (AvgIpc) is 2.46. The molecule has 1 N–H and O–H groups in total. The number of hydrogen-bond donors (Lipinski definition) is 1. The molecule has 3 aliphatic rings. The molecule has 0 saturated heterocycles. The highest BCUT2D eigenvalue weighted by molar-refractivity contribution is 6.13. The molecule has 0 aromatic carbocycles. The van der Waals surface area contributed by atoms with E-state index < -0.39 is 0 Å². The lowest BCUT2D eigenvalue weighted by Gasteiger charge is -2.34. The number of nitrogens with zero attached hydrogens (tertiary/aromatic N) is 1. The SMILES string of the molecule is CC(=O)[N+](C)(C)C1=CC=C2NCC3C=CC=CC3=C2C1=O. The topological polar surface area (TPSA) is 46.2 Å². The quantitative estimate of drug-likeness (QED) is 0.744. The summed E-state index contributed by atoms with van der Waals surface area (Å²) in [5.74, 6) is 0.106. The number of allylic oxidation sites excluding steroid dienone is 7. The first kappa shape index (κ1) is 13.8. The molecular weight excluding hydrogens is 264 g/mol. The van der Waals surface area contributed by atoms with E-state index >= 15 is 0 Å². The van der Waals surface area contributed by atoms with Gasteiger partial charge >= 0.3 is 5.91 Å². The molecule has 2 aliphatic carbocycles. The van der Waals surface area contributed by atoms with Crippen molar-refractivity contribution < 1.29 is 14.1 Å². The fraction of sp³-hybridized carbons (Fsp3) is 0.294. The number of amides is 1. The van der Waals surface area contributed by atoms with Crippen LogP contribution in [-0.4, -0.2) is 36.8 Å². The number of ketones is 1. The first-order valence-electron chi connectivity index (χ1n) is 7.08. The molecule has 0 spiro atoms. The monoisotopic (exact) mass is 283 g/mol. The number of carbonyl (C=O) groups is 2. The molecule has 1 amide bonds. The van der Waals surface area contributed by atoms with Gasteiger partial charge in [0, 0.05) is 24.2 Å². The van der Waals surface area contributed by atoms with E-state index in [9.17, 15) is 9.59 Å². The van der Waals surface area contributed by atoms with Gasteiger partial charge in [-0.25, -0.2) is 9.28 Å². The maximum absolute atomic E-state index is 12.9. The standard InChI is InChI=1S/C17H18N2O2/c1-11(20)19(2,3)15-9-8-14-16(17(15)21)13-7-5-4-6-12(13)10-18-14/h4-9,12H,10H2,1-3H3/p+1. The van der Waals surface area contributed by atoms with Crippen LogP contribution in [0, 0.1) is 5.92 Å². The van der Waals surface area contributed by atoms with Crippen LogP contribution < -0.4 is 5.32 Å². The average molecular weight is 283 g/mol. The molecule has 1 heterocycles. The van der Waals surface area contributed by atoms with E-state index in [1.165, 1.54) is 6.92 Å². The Kier molecular flexibility index (Phi) is 3.06. The second-order valence-corrected chi connectivity index (χ2v) is 6.00. The fourth-order valence-electron chi connectivity index (χ4n) is 2.87. The van der Waals surface area contributed by atoms with Gasteiger partial charge in [-0.15, -0.1) is 0 Å². The Morgan fingerprint density at radius 2 is 2.05 bits per heavy atom. The van der Waals surface area contributed by atoms with Crippen LogP contribution in [0.4, 0.5) is 0 Å². The number of fused-ring (bicyclic) bond motifs is 2. The normalized spacial score (nSPS) is 24.0. The van der Waals surface area contributed by atoms with Crippen molar-refractivity contribution in [3.8, 4) is 0 Å². The van der Waals surface area contributed by atoms with E-state index in [4.69, 9.17) is 0 Å². The van der Waals surface area contributed by atoms with E-state index in [1.54, 1.807) is 20.2 Å². The minimum absolute atomic E-state index is 0.0381. The summed E-state index contributed by atoms with van der Waals surface area (Å²) in [7, 11) is 3.50. The lowest BCUT2D eigenvalue weighted by atomic mass is 9.82. The van der Waals surface area contributed by atoms with Crippen LogP contribution in [0.2, 0.25) is 0 Å². The summed E-state index contributed by atoms with van der Waals surface area (Å²) in [4.78, 5) is 24.8. The van der Waals surface area contributed by atoms with Crippen LogP contribution in [0.3, 0.4) is 0 Å². The Morgan fingerprint density at radius 3 is 2.76 bits per heavy atom. The molecule has 1 atom stereocenters. The maximum atomic E-state index is 12.9. The van der Waals surface area contributed by atoms with Gasteiger partial charge in [0.05, 0.1) is 26.6 Å². The van der Waals surface area contributed by atoms with E-state index in [0.717, 1.165) is 17.8 Å². The van der Waals surface area contributed by atoms with E-state index in [1.807, 2.05) is 24.3 Å². The number of likely N-dealkylation sites (N-methyl/N-ethyl adjacent to an activating group) is 1. The molecule has 108 valence electrons. The minimum Gasteiger partial charge on any atom is -0.384 e. The molecule has 4 nitrogen and oxygen atoms in total. The van der Waals surface area contributed by atoms with Gasteiger partial charge in [0.2, 0.25) is 5.78 Å². The Hall–Kier alpha value is -2.20. The molecule has 4 heteroatoms. The molecule has 0 aromatic heterocycles. The molecule has 0 fully saturated rings. The van der Waals surface area contributed by atoms with Crippen LogP contribution in [0.5, 0.6) is 0 Å². The molecule has 1 unspecified atom stereocenters. The van der Waals surface area contributed by atoms with Crippen molar-refractivity contribution in [1.82, 2.24) is 5.32 Å². The minimum atomic E-state index is -0.0588. The predicted molar refractivity (Wildman–Crippen MR) is 80.8 cm³/mol. The highest BCUT2D eigenvalue weighted by Crippen LogP contribution is 2.35. The van der Waals surface area contributed by atoms with Crippen LogP contribution in [0.15, 0.2) is 59.0 Å². The van der Waals surface area contributed by atoms with Gasteiger partial charge in [-0.2, -0.15) is 0 Å². The third-order valence-electron chi connectivity index (χ3n) is 4.46. The van der Waals surface area contributed by atoms with Crippen molar-refractivity contribution in [1.29, 1.82) is 0 Å². The van der Waals surface area contributed by atoms with Gasteiger partial charge in [-0.3, -0.25) is 4.79 Å². The number of Topliss-reactive ketones (excluding diaryl/α,β-unsaturated/α-hetero) is 1. The largest absolute Gasteiger partial charge is 0.384 e. The zero-order chi connectivity index (χ0) is 15.2. The van der Waals surface area contributed by atoms with Crippen LogP contribution in [0.1, 0.15) is 6.92 Å². The summed E-state index contributed by atoms with van der Waals surface area (Å²) in [6.07, 6.45) is 11.7. The van der Waals surface area contributed by atoms with Crippen LogP contribution in [0.25, 0.3) is 0 Å². The molecule has 3 rings (SSSR count). The van der Waals surface area contributed by atoms with Gasteiger partial charge in [-0.1, -0.05) is 24.3 Å². The second-order valence-electron chi connectivity index (χ2n) is 6.00. The van der Waals surface area contributed by atoms with Gasteiger partial charge in [0.25, 0.3) is 0 Å². The third-order valence-corrected chi connectivity index (χ3v) is 4.46. The van der Waals surface area contributed by atoms with Crippen LogP contribution in [-0.2, 0) is 9.59 Å². The van der Waals surface area contributed by atoms with Crippen molar-refractivity contribution in [3.63, 3.8) is 0 Å². The van der Waals surface area contributed by atoms with Gasteiger partial charge < -0.3 is 5.32 Å². The van der Waals surface area contributed by atoms with Gasteiger partial charge in [-0.05, 0) is 11.6 Å². The molecule has 1 aliphatic heterocycles. The number of carbonyl (C=O) groups excluding carboxylic acids is 2. The molecule has 0 aromatic rings. The Morgan fingerprint density at radius 1 is 1.29 bits per heavy atom. The number of hydrogen-bond acceptors (Lipinski definition) is 3. The summed E-state index contributed by atoms with van der Waals surface area (Å²) in [6.45, 7) is 2.31. The zero-order valence-electron chi connectivity index (χ0n) is 12.5. The second kappa shape index (κ2) is 4.67. The van der Waals surface area contributed by atoms with Crippen LogP contribution >= 0.6 is 0 Å². The Bertz CT molecular complexity index is 688. The van der Waals surface area contributed by atoms with E-state index in [2.05, 4.69) is 11.4 Å². The smallest absolute Gasteiger partial charge is 0.315 e. The zero-order valence-corrected chi connectivity index (χ0v) is 12.5. The van der Waals surface area contributed by atoms with E-state index in [-0.39, 0.29) is 22.1 Å². The number of quaternary nitrogens is 1. The maximum Gasteiger partial charge on any atom is 0.315 e.